The zero-order valence-corrected chi connectivity index (χ0v) is 33.8. The maximum Gasteiger partial charge on any atom is 0.219 e. The van der Waals surface area contributed by atoms with Crippen molar-refractivity contribution in [1.29, 1.82) is 0 Å². The van der Waals surface area contributed by atoms with Crippen LogP contribution < -0.4 is 10.1 Å². The number of carbonyl (C=O) groups is 2. The number of halogens is 2. The number of nitrogens with one attached hydrogen (secondary N) is 1. The van der Waals surface area contributed by atoms with E-state index >= 15 is 0 Å². The summed E-state index contributed by atoms with van der Waals surface area (Å²) in [5, 5.41) is 5.82. The average molecular weight is 783 g/mol. The number of methoxy groups -OCH3 is 1. The highest BCUT2D eigenvalue weighted by atomic mass is 35.5. The Balaban J connectivity index is 1.09. The third kappa shape index (κ3) is 8.24. The molecule has 288 valence electrons. The van der Waals surface area contributed by atoms with Gasteiger partial charge in [-0.25, -0.2) is 4.98 Å². The summed E-state index contributed by atoms with van der Waals surface area (Å²) in [6.45, 7) is 7.91. The minimum absolute atomic E-state index is 0.137. The zero-order valence-electron chi connectivity index (χ0n) is 32.2. The number of hydrogen-bond donors (Lipinski definition) is 1. The van der Waals surface area contributed by atoms with Crippen LogP contribution >= 0.6 is 23.2 Å². The van der Waals surface area contributed by atoms with E-state index in [0.29, 0.717) is 34.4 Å². The number of fused-ring (bicyclic) bond motifs is 1. The number of nitrogens with zero attached hydrogens (tertiary/aromatic N) is 6. The van der Waals surface area contributed by atoms with E-state index in [4.69, 9.17) is 32.9 Å². The predicted molar refractivity (Wildman–Crippen MR) is 220 cm³/mol. The summed E-state index contributed by atoms with van der Waals surface area (Å²) in [7, 11) is 5.87. The summed E-state index contributed by atoms with van der Waals surface area (Å²) >= 11 is 14.4. The Kier molecular flexibility index (Phi) is 11.8. The lowest BCUT2D eigenvalue weighted by molar-refractivity contribution is -0.131. The molecule has 0 aliphatic carbocycles. The van der Waals surface area contributed by atoms with Crippen molar-refractivity contribution in [3.63, 3.8) is 0 Å². The molecule has 2 aliphatic rings. The van der Waals surface area contributed by atoms with E-state index in [0.717, 1.165) is 109 Å². The summed E-state index contributed by atoms with van der Waals surface area (Å²) in [4.78, 5) is 39.6. The molecule has 2 saturated heterocycles. The van der Waals surface area contributed by atoms with Crippen LogP contribution in [-0.4, -0.2) is 93.5 Å². The fourth-order valence-electron chi connectivity index (χ4n) is 8.11. The summed E-state index contributed by atoms with van der Waals surface area (Å²) in [6, 6.07) is 18.9. The summed E-state index contributed by atoms with van der Waals surface area (Å²) in [5.41, 5.74) is 7.80. The maximum absolute atomic E-state index is 11.8. The molecule has 7 rings (SSSR count). The van der Waals surface area contributed by atoms with Gasteiger partial charge in [0.25, 0.3) is 0 Å². The second-order valence-corrected chi connectivity index (χ2v) is 15.6. The lowest BCUT2D eigenvalue weighted by Crippen LogP contribution is -2.44. The first-order valence-electron chi connectivity index (χ1n) is 19.0. The van der Waals surface area contributed by atoms with Crippen molar-refractivity contribution in [1.82, 2.24) is 34.6 Å². The van der Waals surface area contributed by atoms with Crippen molar-refractivity contribution in [2.45, 2.75) is 64.7 Å². The maximum atomic E-state index is 11.8. The lowest BCUT2D eigenvalue weighted by atomic mass is 9.99. The van der Waals surface area contributed by atoms with Gasteiger partial charge in [0.1, 0.15) is 11.4 Å². The van der Waals surface area contributed by atoms with Crippen LogP contribution in [0.1, 0.15) is 50.7 Å². The number of benzene rings is 2. The molecule has 0 unspecified atom stereocenters. The van der Waals surface area contributed by atoms with Crippen LogP contribution in [0.3, 0.4) is 0 Å². The van der Waals surface area contributed by atoms with Gasteiger partial charge in [0, 0.05) is 118 Å². The number of piperidine rings is 2. The molecule has 2 fully saturated rings. The van der Waals surface area contributed by atoms with Gasteiger partial charge < -0.3 is 24.4 Å². The van der Waals surface area contributed by atoms with Gasteiger partial charge in [-0.2, -0.15) is 0 Å². The molecule has 0 atom stereocenters. The third-order valence-corrected chi connectivity index (χ3v) is 12.2. The molecule has 5 heterocycles. The molecule has 0 bridgehead atoms. The van der Waals surface area contributed by atoms with Crippen molar-refractivity contribution < 1.29 is 14.3 Å². The number of hydrogen-bond acceptors (Lipinski definition) is 7. The van der Waals surface area contributed by atoms with Gasteiger partial charge in [-0.05, 0) is 62.6 Å². The van der Waals surface area contributed by atoms with Crippen LogP contribution in [0.15, 0.2) is 67.0 Å². The fourth-order valence-corrected chi connectivity index (χ4v) is 8.76. The minimum atomic E-state index is 0.137. The van der Waals surface area contributed by atoms with Crippen LogP contribution in [0.2, 0.25) is 10.0 Å². The first-order chi connectivity index (χ1) is 26.5. The molecular weight excluding hydrogens is 733 g/mol. The number of rotatable bonds is 10. The highest BCUT2D eigenvalue weighted by Crippen LogP contribution is 2.42. The normalized spacial score (nSPS) is 15.6. The van der Waals surface area contributed by atoms with Crippen molar-refractivity contribution >= 4 is 46.0 Å². The Bertz CT molecular complexity index is 2210. The number of ether oxygens (including phenoxy) is 1. The van der Waals surface area contributed by atoms with Gasteiger partial charge in [0.15, 0.2) is 0 Å². The van der Waals surface area contributed by atoms with Gasteiger partial charge >= 0.3 is 0 Å². The quantitative estimate of drug-likeness (QED) is 0.154. The first kappa shape index (κ1) is 38.8. The monoisotopic (exact) mass is 781 g/mol. The van der Waals surface area contributed by atoms with Gasteiger partial charge in [-0.3, -0.25) is 19.5 Å². The Labute approximate surface area is 333 Å². The van der Waals surface area contributed by atoms with Gasteiger partial charge in [0.2, 0.25) is 11.8 Å². The molecule has 3 aromatic heterocycles. The molecule has 2 aliphatic heterocycles. The molecule has 5 aromatic rings. The van der Waals surface area contributed by atoms with Crippen molar-refractivity contribution in [3.05, 3.63) is 88.2 Å². The Morgan fingerprint density at radius 1 is 0.873 bits per heavy atom. The van der Waals surface area contributed by atoms with Gasteiger partial charge in [0.05, 0.1) is 28.5 Å². The number of carbonyl (C=O) groups excluding carboxylic acids is 2. The molecule has 2 aromatic carbocycles. The van der Waals surface area contributed by atoms with E-state index in [2.05, 4.69) is 45.1 Å². The average Bonchev–Trinajstić information content (AvgIpc) is 3.50. The number of likely N-dealkylation sites (tertiary alicyclic amines) is 2. The fraction of sp³-hybridized carbons (Fsp3) is 0.395. The number of amides is 2. The summed E-state index contributed by atoms with van der Waals surface area (Å²) in [6.07, 6.45) is 7.73. The number of aryl methyl sites for hydroxylation is 1. The van der Waals surface area contributed by atoms with Crippen LogP contribution in [0.4, 0.5) is 0 Å². The van der Waals surface area contributed by atoms with Gasteiger partial charge in [-0.1, -0.05) is 53.5 Å². The van der Waals surface area contributed by atoms with Crippen LogP contribution in [-0.2, 0) is 29.7 Å². The topological polar surface area (TPSA) is 95.8 Å². The number of aromatic nitrogens is 3. The van der Waals surface area contributed by atoms with Crippen LogP contribution in [0.25, 0.3) is 44.7 Å². The molecular formula is C43H49Cl2N7O3. The molecule has 2 amide bonds. The largest absolute Gasteiger partial charge is 0.496 e. The molecule has 0 spiro atoms. The Morgan fingerprint density at radius 2 is 1.55 bits per heavy atom. The second-order valence-electron chi connectivity index (χ2n) is 14.9. The van der Waals surface area contributed by atoms with E-state index in [9.17, 15) is 9.59 Å². The highest BCUT2D eigenvalue weighted by Gasteiger charge is 2.25. The Hall–Kier alpha value is -4.48. The van der Waals surface area contributed by atoms with Crippen LogP contribution in [0, 0.1) is 0 Å². The zero-order chi connectivity index (χ0) is 38.8. The molecule has 55 heavy (non-hydrogen) atoms. The molecule has 10 nitrogen and oxygen atoms in total. The van der Waals surface area contributed by atoms with Gasteiger partial charge in [-0.15, -0.1) is 0 Å². The third-order valence-electron chi connectivity index (χ3n) is 11.4. The van der Waals surface area contributed by atoms with E-state index in [1.54, 1.807) is 27.2 Å². The first-order valence-corrected chi connectivity index (χ1v) is 19.8. The van der Waals surface area contributed by atoms with Crippen molar-refractivity contribution in [2.75, 3.05) is 40.3 Å². The van der Waals surface area contributed by atoms with E-state index < -0.39 is 0 Å². The Morgan fingerprint density at radius 3 is 2.24 bits per heavy atom. The molecule has 0 saturated carbocycles. The standard InChI is InChI=1S/C43H49Cl2N7O3/c1-27(53)51-19-14-32(15-20-51)47-24-30-10-9-29(23-39(30)55-5)42-41(45)36(13-18-46-42)35-7-6-8-37(40(35)44)38-12-11-34-31(26-50(4)43(34)48-38)25-49(3)33-16-21-52(22-17-33)28(2)54/h6-13,18,23,26,32-33,47H,14-17,19-22,24-25H2,1-5H3. The van der Waals surface area contributed by atoms with E-state index in [1.165, 1.54) is 5.56 Å². The van der Waals surface area contributed by atoms with Crippen LogP contribution in [0.5, 0.6) is 5.75 Å². The van der Waals surface area contributed by atoms with Crippen molar-refractivity contribution in [3.8, 4) is 39.4 Å². The van der Waals surface area contributed by atoms with E-state index in [1.807, 2.05) is 59.3 Å². The van der Waals surface area contributed by atoms with Crippen molar-refractivity contribution in [2.24, 2.45) is 7.05 Å². The molecule has 1 N–H and O–H groups in total. The smallest absolute Gasteiger partial charge is 0.219 e. The number of pyridine rings is 2. The second kappa shape index (κ2) is 16.7. The lowest BCUT2D eigenvalue weighted by Gasteiger charge is -2.36. The summed E-state index contributed by atoms with van der Waals surface area (Å²) in [5.74, 6) is 1.04. The molecule has 12 heteroatoms. The predicted octanol–water partition coefficient (Wildman–Crippen LogP) is 7.83. The van der Waals surface area contributed by atoms with E-state index in [-0.39, 0.29) is 11.8 Å². The SMILES string of the molecule is COc1cc(-c2nccc(-c3cccc(-c4ccc5c(CN(C)C6CCN(C(C)=O)CC6)cn(C)c5n4)c3Cl)c2Cl)ccc1CNC1CCN(C(C)=O)CC1. The summed E-state index contributed by atoms with van der Waals surface area (Å²) < 4.78 is 7.91. The highest BCUT2D eigenvalue weighted by molar-refractivity contribution is 6.39. The molecule has 0 radical (unpaired) electrons. The minimum Gasteiger partial charge on any atom is -0.496 e.